The molecule has 1 aliphatic rings. The number of amides is 1. The van der Waals surface area contributed by atoms with Gasteiger partial charge in [-0.15, -0.1) is 0 Å². The van der Waals surface area contributed by atoms with Crippen LogP contribution in [0.4, 0.5) is 0 Å². The summed E-state index contributed by atoms with van der Waals surface area (Å²) in [6.07, 6.45) is 4.15. The quantitative estimate of drug-likeness (QED) is 0.541. The number of hydrogen-bond donors (Lipinski definition) is 1. The number of nitrogens with zero attached hydrogens (tertiary/aromatic N) is 2. The number of aromatic amines is 1. The molecule has 5 heteroatoms. The molecule has 1 aliphatic heterocycles. The summed E-state index contributed by atoms with van der Waals surface area (Å²) in [6, 6.07) is 19.8. The molecular weight excluding hydrogens is 374 g/mol. The van der Waals surface area contributed by atoms with Crippen molar-refractivity contribution in [3.63, 3.8) is 0 Å². The van der Waals surface area contributed by atoms with Crippen LogP contribution in [-0.2, 0) is 6.42 Å². The van der Waals surface area contributed by atoms with Crippen molar-refractivity contribution in [3.8, 4) is 5.75 Å². The van der Waals surface area contributed by atoms with Crippen molar-refractivity contribution in [3.05, 3.63) is 95.4 Å². The van der Waals surface area contributed by atoms with Crippen molar-refractivity contribution in [2.24, 2.45) is 0 Å². The van der Waals surface area contributed by atoms with Gasteiger partial charge in [-0.2, -0.15) is 0 Å². The average Bonchev–Trinajstić information content (AvgIpc) is 3.18. The fraction of sp³-hybridized carbons (Fsp3) is 0.200. The zero-order valence-corrected chi connectivity index (χ0v) is 16.8. The van der Waals surface area contributed by atoms with Crippen LogP contribution in [-0.4, -0.2) is 33.9 Å². The molecule has 0 unspecified atom stereocenters. The van der Waals surface area contributed by atoms with Crippen molar-refractivity contribution in [2.75, 3.05) is 13.2 Å². The third-order valence-electron chi connectivity index (χ3n) is 5.73. The highest BCUT2D eigenvalue weighted by Crippen LogP contribution is 2.39. The summed E-state index contributed by atoms with van der Waals surface area (Å²) in [7, 11) is 0. The van der Waals surface area contributed by atoms with Gasteiger partial charge in [0, 0.05) is 41.1 Å². The molecule has 150 valence electrons. The molecule has 5 rings (SSSR count). The van der Waals surface area contributed by atoms with Gasteiger partial charge in [-0.05, 0) is 54.8 Å². The number of para-hydroxylation sites is 1. The lowest BCUT2D eigenvalue weighted by Crippen LogP contribution is -2.40. The van der Waals surface area contributed by atoms with Crippen molar-refractivity contribution in [1.82, 2.24) is 14.9 Å². The Balaban J connectivity index is 1.63. The first-order valence-electron chi connectivity index (χ1n) is 10.3. The molecule has 5 nitrogen and oxygen atoms in total. The zero-order valence-electron chi connectivity index (χ0n) is 16.8. The SMILES string of the molecule is CCOc1ccc([C@H]2c3[nH]c4ccccc4c3CCN2C(=O)c2ccncc2)cc1. The lowest BCUT2D eigenvalue weighted by atomic mass is 9.91. The number of pyridine rings is 1. The normalized spacial score (nSPS) is 15.8. The van der Waals surface area contributed by atoms with Crippen molar-refractivity contribution >= 4 is 16.8 Å². The smallest absolute Gasteiger partial charge is 0.254 e. The van der Waals surface area contributed by atoms with E-state index in [-0.39, 0.29) is 11.9 Å². The molecule has 2 aromatic heterocycles. The second-order valence-electron chi connectivity index (χ2n) is 7.45. The van der Waals surface area contributed by atoms with Gasteiger partial charge < -0.3 is 14.6 Å². The standard InChI is InChI=1S/C25H23N3O2/c1-2-30-19-9-7-17(8-10-19)24-23-21(20-5-3-4-6-22(20)27-23)13-16-28(24)25(29)18-11-14-26-15-12-18/h3-12,14-15,24,27H,2,13,16H2,1H3/t24-/m0/s1. The first-order chi connectivity index (χ1) is 14.8. The minimum Gasteiger partial charge on any atom is -0.494 e. The molecule has 3 heterocycles. The Kier molecular flexibility index (Phi) is 4.71. The summed E-state index contributed by atoms with van der Waals surface area (Å²) in [5.74, 6) is 0.849. The van der Waals surface area contributed by atoms with E-state index in [1.54, 1.807) is 24.5 Å². The van der Waals surface area contributed by atoms with E-state index in [4.69, 9.17) is 4.74 Å². The Labute approximate surface area is 175 Å². The number of fused-ring (bicyclic) bond motifs is 3. The maximum atomic E-state index is 13.4. The summed E-state index contributed by atoms with van der Waals surface area (Å²) in [5, 5.41) is 1.24. The van der Waals surface area contributed by atoms with Gasteiger partial charge >= 0.3 is 0 Å². The van der Waals surface area contributed by atoms with Crippen LogP contribution in [0, 0.1) is 0 Å². The number of H-pyrrole nitrogens is 1. The minimum absolute atomic E-state index is 0.0144. The Morgan fingerprint density at radius 2 is 1.87 bits per heavy atom. The predicted octanol–water partition coefficient (Wildman–Crippen LogP) is 4.75. The predicted molar refractivity (Wildman–Crippen MR) is 117 cm³/mol. The van der Waals surface area contributed by atoms with Gasteiger partial charge in [-0.3, -0.25) is 9.78 Å². The lowest BCUT2D eigenvalue weighted by molar-refractivity contribution is 0.0692. The molecule has 0 spiro atoms. The van der Waals surface area contributed by atoms with Crippen LogP contribution in [0.25, 0.3) is 10.9 Å². The largest absolute Gasteiger partial charge is 0.494 e. The molecule has 0 bridgehead atoms. The molecule has 0 fully saturated rings. The first kappa shape index (κ1) is 18.4. The molecule has 0 radical (unpaired) electrons. The number of rotatable bonds is 4. The molecular formula is C25H23N3O2. The van der Waals surface area contributed by atoms with Gasteiger partial charge in [0.25, 0.3) is 5.91 Å². The number of nitrogens with one attached hydrogen (secondary N) is 1. The monoisotopic (exact) mass is 397 g/mol. The minimum atomic E-state index is -0.183. The van der Waals surface area contributed by atoms with Crippen molar-refractivity contribution in [1.29, 1.82) is 0 Å². The fourth-order valence-electron chi connectivity index (χ4n) is 4.38. The van der Waals surface area contributed by atoms with E-state index in [1.807, 2.05) is 30.0 Å². The van der Waals surface area contributed by atoms with E-state index in [0.29, 0.717) is 18.7 Å². The van der Waals surface area contributed by atoms with Gasteiger partial charge in [0.2, 0.25) is 0 Å². The van der Waals surface area contributed by atoms with Gasteiger partial charge in [0.15, 0.2) is 0 Å². The Hall–Kier alpha value is -3.60. The number of aromatic nitrogens is 2. The van der Waals surface area contributed by atoms with Gasteiger partial charge in [-0.1, -0.05) is 30.3 Å². The van der Waals surface area contributed by atoms with Crippen LogP contribution in [0.1, 0.15) is 40.1 Å². The highest BCUT2D eigenvalue weighted by Gasteiger charge is 2.34. The van der Waals surface area contributed by atoms with E-state index < -0.39 is 0 Å². The third-order valence-corrected chi connectivity index (χ3v) is 5.73. The molecule has 0 saturated heterocycles. The average molecular weight is 397 g/mol. The van der Waals surface area contributed by atoms with Crippen LogP contribution in [0.2, 0.25) is 0 Å². The number of carbonyl (C=O) groups is 1. The van der Waals surface area contributed by atoms with E-state index in [2.05, 4.69) is 40.3 Å². The van der Waals surface area contributed by atoms with Gasteiger partial charge in [0.05, 0.1) is 12.6 Å². The van der Waals surface area contributed by atoms with E-state index >= 15 is 0 Å². The molecule has 1 N–H and O–H groups in total. The second-order valence-corrected chi connectivity index (χ2v) is 7.45. The van der Waals surface area contributed by atoms with E-state index in [0.717, 1.165) is 28.9 Å². The van der Waals surface area contributed by atoms with Crippen LogP contribution >= 0.6 is 0 Å². The van der Waals surface area contributed by atoms with Crippen LogP contribution in [0.5, 0.6) is 5.75 Å². The topological polar surface area (TPSA) is 58.2 Å². The molecule has 0 aliphatic carbocycles. The van der Waals surface area contributed by atoms with Crippen molar-refractivity contribution < 1.29 is 9.53 Å². The number of hydrogen-bond acceptors (Lipinski definition) is 3. The number of carbonyl (C=O) groups excluding carboxylic acids is 1. The molecule has 1 amide bonds. The maximum absolute atomic E-state index is 13.4. The number of ether oxygens (including phenoxy) is 1. The molecule has 0 saturated carbocycles. The maximum Gasteiger partial charge on any atom is 0.254 e. The lowest BCUT2D eigenvalue weighted by Gasteiger charge is -2.36. The van der Waals surface area contributed by atoms with Crippen LogP contribution in [0.3, 0.4) is 0 Å². The van der Waals surface area contributed by atoms with Gasteiger partial charge in [-0.25, -0.2) is 0 Å². The fourth-order valence-corrected chi connectivity index (χ4v) is 4.38. The van der Waals surface area contributed by atoms with E-state index in [1.165, 1.54) is 10.9 Å². The summed E-state index contributed by atoms with van der Waals surface area (Å²) < 4.78 is 5.61. The molecule has 2 aromatic carbocycles. The highest BCUT2D eigenvalue weighted by atomic mass is 16.5. The van der Waals surface area contributed by atoms with E-state index in [9.17, 15) is 4.79 Å². The first-order valence-corrected chi connectivity index (χ1v) is 10.3. The Morgan fingerprint density at radius 3 is 2.63 bits per heavy atom. The summed E-state index contributed by atoms with van der Waals surface area (Å²) >= 11 is 0. The Morgan fingerprint density at radius 1 is 1.10 bits per heavy atom. The summed E-state index contributed by atoms with van der Waals surface area (Å²) in [4.78, 5) is 23.1. The summed E-state index contributed by atoms with van der Waals surface area (Å²) in [5.41, 5.74) is 5.21. The second kappa shape index (κ2) is 7.67. The summed E-state index contributed by atoms with van der Waals surface area (Å²) in [6.45, 7) is 3.26. The number of benzene rings is 2. The van der Waals surface area contributed by atoms with Crippen LogP contribution in [0.15, 0.2) is 73.1 Å². The zero-order chi connectivity index (χ0) is 20.5. The van der Waals surface area contributed by atoms with Crippen LogP contribution < -0.4 is 4.74 Å². The molecule has 4 aromatic rings. The third kappa shape index (κ3) is 3.12. The molecule has 30 heavy (non-hydrogen) atoms. The highest BCUT2D eigenvalue weighted by molar-refractivity contribution is 5.95. The molecule has 1 atom stereocenters. The van der Waals surface area contributed by atoms with Gasteiger partial charge in [0.1, 0.15) is 5.75 Å². The Bertz CT molecular complexity index is 1180. The van der Waals surface area contributed by atoms with Crippen molar-refractivity contribution in [2.45, 2.75) is 19.4 Å².